The molecular formula is C7H6ClNO2. The highest BCUT2D eigenvalue weighted by Crippen LogP contribution is 2.18. The standard InChI is InChI=1S/C7H6ClNO2/c8-6(7(10)11)5-2-1-3-9-4-5/h1-4,6H,(H,10,11)/t6-/m1/s1. The summed E-state index contributed by atoms with van der Waals surface area (Å²) in [5.41, 5.74) is 0.502. The summed E-state index contributed by atoms with van der Waals surface area (Å²) < 4.78 is 0. The van der Waals surface area contributed by atoms with E-state index < -0.39 is 11.3 Å². The van der Waals surface area contributed by atoms with Gasteiger partial charge in [0.25, 0.3) is 0 Å². The summed E-state index contributed by atoms with van der Waals surface area (Å²) in [4.78, 5) is 14.1. The zero-order chi connectivity index (χ0) is 8.27. The summed E-state index contributed by atoms with van der Waals surface area (Å²) in [5.74, 6) is -1.06. The molecule has 0 spiro atoms. The quantitative estimate of drug-likeness (QED) is 0.686. The van der Waals surface area contributed by atoms with Crippen LogP contribution in [0.4, 0.5) is 0 Å². The van der Waals surface area contributed by atoms with Crippen LogP contribution < -0.4 is 0 Å². The van der Waals surface area contributed by atoms with E-state index in [2.05, 4.69) is 4.98 Å². The van der Waals surface area contributed by atoms with E-state index in [0.717, 1.165) is 0 Å². The first-order chi connectivity index (χ1) is 5.22. The van der Waals surface area contributed by atoms with E-state index in [-0.39, 0.29) is 0 Å². The van der Waals surface area contributed by atoms with Gasteiger partial charge in [-0.2, -0.15) is 0 Å². The van der Waals surface area contributed by atoms with Crippen LogP contribution in [-0.2, 0) is 4.79 Å². The molecule has 58 valence electrons. The van der Waals surface area contributed by atoms with Gasteiger partial charge in [-0.15, -0.1) is 11.6 Å². The van der Waals surface area contributed by atoms with E-state index in [1.165, 1.54) is 6.20 Å². The first-order valence-electron chi connectivity index (χ1n) is 2.98. The van der Waals surface area contributed by atoms with E-state index in [4.69, 9.17) is 16.7 Å². The number of nitrogens with zero attached hydrogens (tertiary/aromatic N) is 1. The van der Waals surface area contributed by atoms with Crippen LogP contribution in [0.3, 0.4) is 0 Å². The Hall–Kier alpha value is -1.09. The van der Waals surface area contributed by atoms with Gasteiger partial charge >= 0.3 is 5.97 Å². The lowest BCUT2D eigenvalue weighted by molar-refractivity contribution is -0.136. The largest absolute Gasteiger partial charge is 0.480 e. The molecule has 0 aliphatic heterocycles. The van der Waals surface area contributed by atoms with Crippen molar-refractivity contribution >= 4 is 17.6 Å². The second-order valence-corrected chi connectivity index (χ2v) is 2.42. The Kier molecular flexibility index (Phi) is 2.44. The summed E-state index contributed by atoms with van der Waals surface area (Å²) in [7, 11) is 0. The number of aliphatic carboxylic acids is 1. The molecule has 1 N–H and O–H groups in total. The third kappa shape index (κ3) is 1.91. The molecule has 1 aromatic rings. The topological polar surface area (TPSA) is 50.2 Å². The number of pyridine rings is 1. The van der Waals surface area contributed by atoms with Gasteiger partial charge in [-0.25, -0.2) is 0 Å². The summed E-state index contributed by atoms with van der Waals surface area (Å²) in [6.45, 7) is 0. The van der Waals surface area contributed by atoms with Crippen molar-refractivity contribution in [1.29, 1.82) is 0 Å². The molecule has 0 bridgehead atoms. The zero-order valence-corrected chi connectivity index (χ0v) is 6.32. The number of carboxylic acid groups (broad SMARTS) is 1. The van der Waals surface area contributed by atoms with Crippen molar-refractivity contribution in [3.8, 4) is 0 Å². The molecule has 4 heteroatoms. The van der Waals surface area contributed by atoms with Crippen LogP contribution in [0.25, 0.3) is 0 Å². The highest BCUT2D eigenvalue weighted by atomic mass is 35.5. The lowest BCUT2D eigenvalue weighted by Gasteiger charge is -2.01. The van der Waals surface area contributed by atoms with Crippen LogP contribution in [0.5, 0.6) is 0 Å². The van der Waals surface area contributed by atoms with Gasteiger partial charge in [0.1, 0.15) is 0 Å². The highest BCUT2D eigenvalue weighted by molar-refractivity contribution is 6.29. The normalized spacial score (nSPS) is 12.5. The lowest BCUT2D eigenvalue weighted by atomic mass is 10.2. The molecule has 0 unspecified atom stereocenters. The predicted molar refractivity (Wildman–Crippen MR) is 40.5 cm³/mol. The minimum Gasteiger partial charge on any atom is -0.480 e. The molecule has 0 radical (unpaired) electrons. The molecule has 1 heterocycles. The second-order valence-electron chi connectivity index (χ2n) is 1.99. The lowest BCUT2D eigenvalue weighted by Crippen LogP contribution is -2.04. The van der Waals surface area contributed by atoms with Crippen molar-refractivity contribution in [2.24, 2.45) is 0 Å². The number of rotatable bonds is 2. The molecule has 1 atom stereocenters. The number of hydrogen-bond acceptors (Lipinski definition) is 2. The zero-order valence-electron chi connectivity index (χ0n) is 5.57. The van der Waals surface area contributed by atoms with Crippen molar-refractivity contribution in [3.63, 3.8) is 0 Å². The highest BCUT2D eigenvalue weighted by Gasteiger charge is 2.15. The van der Waals surface area contributed by atoms with E-state index in [1.54, 1.807) is 18.3 Å². The molecule has 0 aromatic carbocycles. The molecule has 1 aromatic heterocycles. The molecule has 0 aliphatic rings. The van der Waals surface area contributed by atoms with Crippen LogP contribution in [0.2, 0.25) is 0 Å². The second kappa shape index (κ2) is 3.34. The predicted octanol–water partition coefficient (Wildman–Crippen LogP) is 1.45. The number of carbonyl (C=O) groups is 1. The van der Waals surface area contributed by atoms with Crippen molar-refractivity contribution < 1.29 is 9.90 Å². The Morgan fingerprint density at radius 3 is 2.91 bits per heavy atom. The fourth-order valence-corrected chi connectivity index (χ4v) is 0.798. The Labute approximate surface area is 68.6 Å². The molecule has 0 amide bonds. The number of hydrogen-bond donors (Lipinski definition) is 1. The number of aromatic nitrogens is 1. The average Bonchev–Trinajstić information content (AvgIpc) is 2.05. The SMILES string of the molecule is O=C(O)[C@H](Cl)c1cccnc1. The van der Waals surface area contributed by atoms with Gasteiger partial charge in [0.15, 0.2) is 5.38 Å². The molecular weight excluding hydrogens is 166 g/mol. The monoisotopic (exact) mass is 171 g/mol. The number of carboxylic acids is 1. The van der Waals surface area contributed by atoms with Crippen LogP contribution in [0.15, 0.2) is 24.5 Å². The summed E-state index contributed by atoms with van der Waals surface area (Å²) >= 11 is 5.50. The molecule has 11 heavy (non-hydrogen) atoms. The molecule has 0 fully saturated rings. The fourth-order valence-electron chi connectivity index (χ4n) is 0.668. The number of halogens is 1. The van der Waals surface area contributed by atoms with E-state index in [1.807, 2.05) is 0 Å². The van der Waals surface area contributed by atoms with Crippen molar-refractivity contribution in [3.05, 3.63) is 30.1 Å². The maximum absolute atomic E-state index is 10.3. The summed E-state index contributed by atoms with van der Waals surface area (Å²) in [5, 5.41) is 7.48. The van der Waals surface area contributed by atoms with Crippen molar-refractivity contribution in [2.45, 2.75) is 5.38 Å². The Morgan fingerprint density at radius 2 is 2.45 bits per heavy atom. The van der Waals surface area contributed by atoms with Gasteiger partial charge in [-0.3, -0.25) is 9.78 Å². The third-order valence-corrected chi connectivity index (χ3v) is 1.63. The van der Waals surface area contributed by atoms with E-state index in [9.17, 15) is 4.79 Å². The first kappa shape index (κ1) is 8.01. The van der Waals surface area contributed by atoms with Crippen LogP contribution in [0.1, 0.15) is 10.9 Å². The maximum Gasteiger partial charge on any atom is 0.326 e. The average molecular weight is 172 g/mol. The molecule has 1 rings (SSSR count). The molecule has 3 nitrogen and oxygen atoms in total. The van der Waals surface area contributed by atoms with E-state index >= 15 is 0 Å². The first-order valence-corrected chi connectivity index (χ1v) is 3.42. The molecule has 0 saturated carbocycles. The third-order valence-electron chi connectivity index (χ3n) is 1.19. The van der Waals surface area contributed by atoms with Crippen LogP contribution in [-0.4, -0.2) is 16.1 Å². The molecule has 0 saturated heterocycles. The van der Waals surface area contributed by atoms with Gasteiger partial charge in [0.05, 0.1) is 0 Å². The summed E-state index contributed by atoms with van der Waals surface area (Å²) in [6, 6.07) is 3.27. The van der Waals surface area contributed by atoms with Crippen molar-refractivity contribution in [2.75, 3.05) is 0 Å². The van der Waals surface area contributed by atoms with Gasteiger partial charge in [0, 0.05) is 12.4 Å². The Balaban J connectivity index is 2.85. The Morgan fingerprint density at radius 1 is 1.73 bits per heavy atom. The van der Waals surface area contributed by atoms with Gasteiger partial charge < -0.3 is 5.11 Å². The fraction of sp³-hybridized carbons (Fsp3) is 0.143. The van der Waals surface area contributed by atoms with Crippen molar-refractivity contribution in [1.82, 2.24) is 4.98 Å². The van der Waals surface area contributed by atoms with E-state index in [0.29, 0.717) is 5.56 Å². The maximum atomic E-state index is 10.3. The minimum absolute atomic E-state index is 0.502. The van der Waals surface area contributed by atoms with Crippen LogP contribution in [0, 0.1) is 0 Å². The van der Waals surface area contributed by atoms with Gasteiger partial charge in [-0.1, -0.05) is 6.07 Å². The smallest absolute Gasteiger partial charge is 0.326 e. The summed E-state index contributed by atoms with van der Waals surface area (Å²) in [6.07, 6.45) is 3.00. The Bertz CT molecular complexity index is 250. The molecule has 0 aliphatic carbocycles. The minimum atomic E-state index is -1.06. The number of alkyl halides is 1. The van der Waals surface area contributed by atoms with Gasteiger partial charge in [-0.05, 0) is 11.6 Å². The van der Waals surface area contributed by atoms with Crippen LogP contribution >= 0.6 is 11.6 Å². The van der Waals surface area contributed by atoms with Gasteiger partial charge in [0.2, 0.25) is 0 Å².